The molecule has 0 radical (unpaired) electrons. The molecule has 0 unspecified atom stereocenters. The Balaban J connectivity index is 2.60. The third-order valence-electron chi connectivity index (χ3n) is 1.81. The number of rotatable bonds is 1. The molecule has 6 nitrogen and oxygen atoms in total. The van der Waals surface area contributed by atoms with Gasteiger partial charge in [-0.2, -0.15) is 0 Å². The number of pyridine rings is 1. The Bertz CT molecular complexity index is 391. The van der Waals surface area contributed by atoms with Gasteiger partial charge in [0.05, 0.1) is 11.9 Å². The van der Waals surface area contributed by atoms with E-state index >= 15 is 0 Å². The number of anilines is 1. The van der Waals surface area contributed by atoms with E-state index in [0.717, 1.165) is 0 Å². The van der Waals surface area contributed by atoms with Crippen molar-refractivity contribution in [2.75, 3.05) is 18.9 Å². The normalized spacial score (nSPS) is 13.7. The molecule has 0 aliphatic carbocycles. The summed E-state index contributed by atoms with van der Waals surface area (Å²) in [5, 5.41) is 8.88. The van der Waals surface area contributed by atoms with Gasteiger partial charge in [-0.05, 0) is 0 Å². The molecular weight excluding hydrogens is 188 g/mol. The topological polar surface area (TPSA) is 94.7 Å². The fourth-order valence-corrected chi connectivity index (χ4v) is 1.23. The molecular formula is C8H8N2O4. The number of nitrogen functional groups attached to an aromatic ring is 1. The molecule has 1 aliphatic heterocycles. The Labute approximate surface area is 79.3 Å². The first-order valence-corrected chi connectivity index (χ1v) is 3.97. The van der Waals surface area contributed by atoms with Crippen LogP contribution in [-0.2, 0) is 0 Å². The largest absolute Gasteiger partial charge is 0.484 e. The van der Waals surface area contributed by atoms with E-state index in [0.29, 0.717) is 13.2 Å². The highest BCUT2D eigenvalue weighted by Crippen LogP contribution is 2.34. The number of hydrogen-bond acceptors (Lipinski definition) is 5. The minimum Gasteiger partial charge on any atom is -0.484 e. The van der Waals surface area contributed by atoms with Crippen LogP contribution in [0.4, 0.5) is 5.69 Å². The maximum atomic E-state index is 10.9. The van der Waals surface area contributed by atoms with E-state index in [-0.39, 0.29) is 22.9 Å². The monoisotopic (exact) mass is 196 g/mol. The SMILES string of the molecule is Nc1cnc2c(c1C(=O)O)OCCO2. The summed E-state index contributed by atoms with van der Waals surface area (Å²) < 4.78 is 10.3. The van der Waals surface area contributed by atoms with Crippen LogP contribution in [0.5, 0.6) is 11.6 Å². The van der Waals surface area contributed by atoms with Crippen LogP contribution in [0.25, 0.3) is 0 Å². The van der Waals surface area contributed by atoms with Crippen LogP contribution in [0, 0.1) is 0 Å². The average Bonchev–Trinajstić information content (AvgIpc) is 2.17. The first-order chi connectivity index (χ1) is 6.70. The molecule has 0 spiro atoms. The van der Waals surface area contributed by atoms with Crippen molar-refractivity contribution in [3.05, 3.63) is 11.8 Å². The first kappa shape index (κ1) is 8.61. The zero-order valence-electron chi connectivity index (χ0n) is 7.19. The minimum atomic E-state index is -1.15. The summed E-state index contributed by atoms with van der Waals surface area (Å²) >= 11 is 0. The lowest BCUT2D eigenvalue weighted by molar-refractivity contribution is 0.0686. The maximum Gasteiger partial charge on any atom is 0.341 e. The van der Waals surface area contributed by atoms with Crippen molar-refractivity contribution >= 4 is 11.7 Å². The number of aromatic carboxylic acids is 1. The predicted molar refractivity (Wildman–Crippen MR) is 46.6 cm³/mol. The van der Waals surface area contributed by atoms with E-state index in [4.69, 9.17) is 20.3 Å². The van der Waals surface area contributed by atoms with Gasteiger partial charge >= 0.3 is 5.97 Å². The van der Waals surface area contributed by atoms with Crippen molar-refractivity contribution in [3.8, 4) is 11.6 Å². The van der Waals surface area contributed by atoms with Crippen molar-refractivity contribution in [3.63, 3.8) is 0 Å². The quantitative estimate of drug-likeness (QED) is 0.663. The summed E-state index contributed by atoms with van der Waals surface area (Å²) in [7, 11) is 0. The van der Waals surface area contributed by atoms with Crippen molar-refractivity contribution in [2.45, 2.75) is 0 Å². The zero-order chi connectivity index (χ0) is 10.1. The van der Waals surface area contributed by atoms with E-state index in [1.807, 2.05) is 0 Å². The Hall–Kier alpha value is -1.98. The highest BCUT2D eigenvalue weighted by molar-refractivity contribution is 5.97. The van der Waals surface area contributed by atoms with Crippen LogP contribution in [0.2, 0.25) is 0 Å². The van der Waals surface area contributed by atoms with Gasteiger partial charge in [-0.25, -0.2) is 9.78 Å². The van der Waals surface area contributed by atoms with Gasteiger partial charge in [0.15, 0.2) is 5.75 Å². The number of hydrogen-bond donors (Lipinski definition) is 2. The predicted octanol–water partition coefficient (Wildman–Crippen LogP) is 0.133. The van der Waals surface area contributed by atoms with E-state index in [2.05, 4.69) is 4.98 Å². The third-order valence-corrected chi connectivity index (χ3v) is 1.81. The van der Waals surface area contributed by atoms with Crippen molar-refractivity contribution in [1.82, 2.24) is 4.98 Å². The summed E-state index contributed by atoms with van der Waals surface area (Å²) in [6.07, 6.45) is 1.25. The molecule has 1 aromatic heterocycles. The van der Waals surface area contributed by atoms with Gasteiger partial charge in [0.25, 0.3) is 5.88 Å². The molecule has 3 N–H and O–H groups in total. The maximum absolute atomic E-state index is 10.9. The molecule has 0 fully saturated rings. The minimum absolute atomic E-state index is 0.0711. The van der Waals surface area contributed by atoms with Crippen molar-refractivity contribution in [2.24, 2.45) is 0 Å². The Kier molecular flexibility index (Phi) is 1.88. The summed E-state index contributed by atoms with van der Waals surface area (Å²) in [5.41, 5.74) is 5.45. The molecule has 14 heavy (non-hydrogen) atoms. The lowest BCUT2D eigenvalue weighted by atomic mass is 10.2. The highest BCUT2D eigenvalue weighted by atomic mass is 16.6. The molecule has 0 amide bonds. The van der Waals surface area contributed by atoms with Gasteiger partial charge < -0.3 is 20.3 Å². The fourth-order valence-electron chi connectivity index (χ4n) is 1.23. The third kappa shape index (κ3) is 1.20. The molecule has 2 heterocycles. The van der Waals surface area contributed by atoms with Crippen LogP contribution in [-0.4, -0.2) is 29.3 Å². The Morgan fingerprint density at radius 1 is 1.50 bits per heavy atom. The van der Waals surface area contributed by atoms with Gasteiger partial charge in [0, 0.05) is 0 Å². The Morgan fingerprint density at radius 3 is 2.93 bits per heavy atom. The van der Waals surface area contributed by atoms with Crippen LogP contribution in [0.1, 0.15) is 10.4 Å². The molecule has 6 heteroatoms. The summed E-state index contributed by atoms with van der Waals surface area (Å²) in [6, 6.07) is 0. The number of carboxylic acids is 1. The highest BCUT2D eigenvalue weighted by Gasteiger charge is 2.24. The summed E-state index contributed by atoms with van der Waals surface area (Å²) in [4.78, 5) is 14.7. The van der Waals surface area contributed by atoms with Crippen LogP contribution in [0.3, 0.4) is 0 Å². The number of aromatic nitrogens is 1. The second-order valence-corrected chi connectivity index (χ2v) is 2.72. The molecule has 0 saturated heterocycles. The number of carboxylic acid groups (broad SMARTS) is 1. The summed E-state index contributed by atoms with van der Waals surface area (Å²) in [5.74, 6) is -0.849. The molecule has 0 bridgehead atoms. The first-order valence-electron chi connectivity index (χ1n) is 3.97. The van der Waals surface area contributed by atoms with Crippen LogP contribution >= 0.6 is 0 Å². The van der Waals surface area contributed by atoms with Gasteiger partial charge in [-0.15, -0.1) is 0 Å². The molecule has 2 rings (SSSR count). The molecule has 0 aromatic carbocycles. The van der Waals surface area contributed by atoms with Gasteiger partial charge in [-0.3, -0.25) is 0 Å². The van der Waals surface area contributed by atoms with Crippen LogP contribution < -0.4 is 15.2 Å². The summed E-state index contributed by atoms with van der Waals surface area (Å²) in [6.45, 7) is 0.668. The second-order valence-electron chi connectivity index (χ2n) is 2.72. The van der Waals surface area contributed by atoms with Gasteiger partial charge in [0.1, 0.15) is 18.8 Å². The molecule has 1 aliphatic rings. The number of nitrogens with two attached hydrogens (primary N) is 1. The van der Waals surface area contributed by atoms with Crippen LogP contribution in [0.15, 0.2) is 6.20 Å². The van der Waals surface area contributed by atoms with E-state index in [9.17, 15) is 4.79 Å². The molecule has 0 saturated carbocycles. The average molecular weight is 196 g/mol. The number of nitrogens with zero attached hydrogens (tertiary/aromatic N) is 1. The standard InChI is InChI=1S/C8H8N2O4/c9-4-3-10-7-6(5(4)8(11)12)13-1-2-14-7/h3H,1-2,9H2,(H,11,12). The molecule has 1 aromatic rings. The molecule has 0 atom stereocenters. The molecule has 74 valence electrons. The fraction of sp³-hybridized carbons (Fsp3) is 0.250. The van der Waals surface area contributed by atoms with Crippen molar-refractivity contribution in [1.29, 1.82) is 0 Å². The second kappa shape index (κ2) is 3.06. The van der Waals surface area contributed by atoms with Gasteiger partial charge in [-0.1, -0.05) is 0 Å². The van der Waals surface area contributed by atoms with E-state index in [1.165, 1.54) is 6.20 Å². The lowest BCUT2D eigenvalue weighted by Gasteiger charge is -2.19. The van der Waals surface area contributed by atoms with Gasteiger partial charge in [0.2, 0.25) is 0 Å². The number of fused-ring (bicyclic) bond motifs is 1. The number of ether oxygens (including phenoxy) is 2. The number of carbonyl (C=O) groups is 1. The van der Waals surface area contributed by atoms with E-state index in [1.54, 1.807) is 0 Å². The lowest BCUT2D eigenvalue weighted by Crippen LogP contribution is -2.19. The van der Waals surface area contributed by atoms with E-state index < -0.39 is 5.97 Å². The van der Waals surface area contributed by atoms with Crippen molar-refractivity contribution < 1.29 is 19.4 Å². The Morgan fingerprint density at radius 2 is 2.21 bits per heavy atom. The smallest absolute Gasteiger partial charge is 0.341 e. The zero-order valence-corrected chi connectivity index (χ0v) is 7.19.